The third kappa shape index (κ3) is 5.25. The number of methoxy groups -OCH3 is 1. The molecule has 0 saturated heterocycles. The highest BCUT2D eigenvalue weighted by Gasteiger charge is 2.15. The third-order valence-corrected chi connectivity index (χ3v) is 5.35. The van der Waals surface area contributed by atoms with Gasteiger partial charge in [0.25, 0.3) is 11.5 Å². The summed E-state index contributed by atoms with van der Waals surface area (Å²) in [6.45, 7) is 1.55. The molecular formula is C25H21ClN4O5. The van der Waals surface area contributed by atoms with Gasteiger partial charge in [0.1, 0.15) is 0 Å². The van der Waals surface area contributed by atoms with Crippen molar-refractivity contribution >= 4 is 40.3 Å². The number of aryl methyl sites for hydroxylation is 1. The van der Waals surface area contributed by atoms with Crippen LogP contribution in [-0.4, -0.2) is 35.5 Å². The number of rotatable bonds is 7. The molecule has 0 unspecified atom stereocenters. The zero-order valence-electron chi connectivity index (χ0n) is 18.9. The van der Waals surface area contributed by atoms with E-state index in [0.29, 0.717) is 31.9 Å². The first-order valence-corrected chi connectivity index (χ1v) is 10.9. The van der Waals surface area contributed by atoms with E-state index in [1.165, 1.54) is 25.5 Å². The van der Waals surface area contributed by atoms with E-state index < -0.39 is 11.2 Å². The van der Waals surface area contributed by atoms with Crippen LogP contribution in [0.15, 0.2) is 75.4 Å². The Morgan fingerprint density at radius 1 is 1.14 bits per heavy atom. The maximum absolute atomic E-state index is 12.8. The summed E-state index contributed by atoms with van der Waals surface area (Å²) in [7, 11) is 1.42. The van der Waals surface area contributed by atoms with Gasteiger partial charge in [0, 0.05) is 22.3 Å². The van der Waals surface area contributed by atoms with E-state index in [1.807, 2.05) is 25.1 Å². The van der Waals surface area contributed by atoms with Crippen molar-refractivity contribution in [3.05, 3.63) is 97.7 Å². The van der Waals surface area contributed by atoms with Gasteiger partial charge in [-0.1, -0.05) is 41.9 Å². The largest absolute Gasteiger partial charge is 0.493 e. The van der Waals surface area contributed by atoms with Crippen molar-refractivity contribution in [1.82, 2.24) is 9.66 Å². The Morgan fingerprint density at radius 3 is 2.66 bits per heavy atom. The molecule has 0 atom stereocenters. The molecule has 0 spiro atoms. The number of H-pyrrole nitrogens is 1. The topological polar surface area (TPSA) is 115 Å². The molecule has 0 aliphatic carbocycles. The quantitative estimate of drug-likeness (QED) is 0.383. The summed E-state index contributed by atoms with van der Waals surface area (Å²) in [4.78, 5) is 40.3. The lowest BCUT2D eigenvalue weighted by molar-refractivity contribution is -0.118. The van der Waals surface area contributed by atoms with Crippen molar-refractivity contribution in [3.63, 3.8) is 0 Å². The second-order valence-corrected chi connectivity index (χ2v) is 7.95. The van der Waals surface area contributed by atoms with Gasteiger partial charge in [0.15, 0.2) is 18.1 Å². The molecule has 4 aromatic rings. The van der Waals surface area contributed by atoms with E-state index in [-0.39, 0.29) is 24.0 Å². The van der Waals surface area contributed by atoms with E-state index in [9.17, 15) is 14.4 Å². The van der Waals surface area contributed by atoms with Crippen LogP contribution >= 0.6 is 11.6 Å². The van der Waals surface area contributed by atoms with E-state index in [0.717, 1.165) is 5.56 Å². The molecule has 1 amide bonds. The van der Waals surface area contributed by atoms with Gasteiger partial charge in [-0.15, -0.1) is 4.68 Å². The fourth-order valence-corrected chi connectivity index (χ4v) is 3.62. The lowest BCUT2D eigenvalue weighted by atomic mass is 10.2. The highest BCUT2D eigenvalue weighted by atomic mass is 35.5. The second kappa shape index (κ2) is 10.3. The number of hydrogen-bond acceptors (Lipinski definition) is 6. The van der Waals surface area contributed by atoms with Gasteiger partial charge < -0.3 is 19.8 Å². The number of amides is 1. The highest BCUT2D eigenvalue weighted by molar-refractivity contribution is 6.31. The SMILES string of the molecule is COc1cc(Cl)cc(C=Nn2c(=O)[nH]c3ccccc3c2=O)c1OCC(=O)Nc1ccccc1C. The number of aromatic nitrogens is 2. The van der Waals surface area contributed by atoms with Gasteiger partial charge in [-0.3, -0.25) is 9.59 Å². The summed E-state index contributed by atoms with van der Waals surface area (Å²) in [5.74, 6) is 0.0367. The summed E-state index contributed by atoms with van der Waals surface area (Å²) in [6, 6.07) is 17.0. The van der Waals surface area contributed by atoms with Gasteiger partial charge in [-0.2, -0.15) is 5.10 Å². The maximum atomic E-state index is 12.8. The molecule has 9 nitrogen and oxygen atoms in total. The molecule has 0 aliphatic heterocycles. The molecule has 0 saturated carbocycles. The molecule has 0 radical (unpaired) electrons. The van der Waals surface area contributed by atoms with Crippen molar-refractivity contribution < 1.29 is 14.3 Å². The van der Waals surface area contributed by atoms with Gasteiger partial charge in [-0.05, 0) is 36.8 Å². The van der Waals surface area contributed by atoms with Crippen molar-refractivity contribution in [3.8, 4) is 11.5 Å². The van der Waals surface area contributed by atoms with Crippen molar-refractivity contribution in [1.29, 1.82) is 0 Å². The van der Waals surface area contributed by atoms with Crippen LogP contribution in [0.25, 0.3) is 10.9 Å². The zero-order valence-corrected chi connectivity index (χ0v) is 19.6. The third-order valence-electron chi connectivity index (χ3n) is 5.13. The summed E-state index contributed by atoms with van der Waals surface area (Å²) < 4.78 is 11.8. The minimum absolute atomic E-state index is 0.172. The number of hydrogen-bond donors (Lipinski definition) is 2. The van der Waals surface area contributed by atoms with Crippen LogP contribution in [0, 0.1) is 6.92 Å². The van der Waals surface area contributed by atoms with E-state index in [2.05, 4.69) is 15.4 Å². The first kappa shape index (κ1) is 23.8. The van der Waals surface area contributed by atoms with Crippen molar-refractivity contribution in [2.24, 2.45) is 5.10 Å². The summed E-state index contributed by atoms with van der Waals surface area (Å²) in [5.41, 5.74) is 0.984. The number of nitrogens with one attached hydrogen (secondary N) is 2. The predicted octanol–water partition coefficient (Wildman–Crippen LogP) is 3.56. The van der Waals surface area contributed by atoms with Gasteiger partial charge in [0.05, 0.1) is 24.2 Å². The molecule has 10 heteroatoms. The fourth-order valence-electron chi connectivity index (χ4n) is 3.41. The van der Waals surface area contributed by atoms with Crippen LogP contribution in [0.2, 0.25) is 5.02 Å². The van der Waals surface area contributed by atoms with E-state index in [1.54, 1.807) is 30.3 Å². The minimum Gasteiger partial charge on any atom is -0.493 e. The molecule has 35 heavy (non-hydrogen) atoms. The van der Waals surface area contributed by atoms with Crippen LogP contribution < -0.4 is 26.0 Å². The van der Waals surface area contributed by atoms with Crippen molar-refractivity contribution in [2.45, 2.75) is 6.92 Å². The summed E-state index contributed by atoms with van der Waals surface area (Å²) in [5, 5.41) is 7.44. The Hall–Kier alpha value is -4.37. The van der Waals surface area contributed by atoms with Gasteiger partial charge in [-0.25, -0.2) is 4.79 Å². The smallest absolute Gasteiger partial charge is 0.349 e. The number of halogens is 1. The number of benzene rings is 3. The Balaban J connectivity index is 1.64. The second-order valence-electron chi connectivity index (χ2n) is 7.52. The molecule has 0 bridgehead atoms. The Kier molecular flexibility index (Phi) is 6.98. The Morgan fingerprint density at radius 2 is 1.89 bits per heavy atom. The van der Waals surface area contributed by atoms with Crippen LogP contribution in [0.5, 0.6) is 11.5 Å². The normalized spacial score (nSPS) is 11.1. The van der Waals surface area contributed by atoms with Crippen molar-refractivity contribution in [2.75, 3.05) is 19.0 Å². The van der Waals surface area contributed by atoms with E-state index in [4.69, 9.17) is 21.1 Å². The number of ether oxygens (including phenoxy) is 2. The first-order chi connectivity index (χ1) is 16.9. The number of carbonyl (C=O) groups excluding carboxylic acids is 1. The monoisotopic (exact) mass is 492 g/mol. The maximum Gasteiger partial charge on any atom is 0.349 e. The first-order valence-electron chi connectivity index (χ1n) is 10.5. The molecule has 4 rings (SSSR count). The Bertz CT molecular complexity index is 1560. The average Bonchev–Trinajstić information content (AvgIpc) is 2.84. The minimum atomic E-state index is -0.709. The van der Waals surface area contributed by atoms with Crippen LogP contribution in [0.4, 0.5) is 5.69 Å². The summed E-state index contributed by atoms with van der Waals surface area (Å²) in [6.07, 6.45) is 1.24. The zero-order chi connectivity index (χ0) is 24.9. The number of fused-ring (bicyclic) bond motifs is 1. The molecule has 2 N–H and O–H groups in total. The number of para-hydroxylation sites is 2. The van der Waals surface area contributed by atoms with Crippen LogP contribution in [0.1, 0.15) is 11.1 Å². The summed E-state index contributed by atoms with van der Waals surface area (Å²) >= 11 is 6.20. The fraction of sp³-hybridized carbons (Fsp3) is 0.120. The van der Waals surface area contributed by atoms with Crippen LogP contribution in [0.3, 0.4) is 0 Å². The lowest BCUT2D eigenvalue weighted by Gasteiger charge is -2.14. The van der Waals surface area contributed by atoms with E-state index >= 15 is 0 Å². The molecule has 1 aromatic heterocycles. The number of aromatic amines is 1. The van der Waals surface area contributed by atoms with Crippen LogP contribution in [-0.2, 0) is 4.79 Å². The molecule has 178 valence electrons. The standard InChI is InChI=1S/C25H21ClN4O5/c1-15-7-3-5-9-19(15)28-22(31)14-35-23-16(11-17(26)12-21(23)34-2)13-27-30-24(32)18-8-4-6-10-20(18)29-25(30)33/h3-13H,14H2,1-2H3,(H,28,31)(H,29,33). The average molecular weight is 493 g/mol. The number of nitrogens with zero attached hydrogens (tertiary/aromatic N) is 2. The number of anilines is 1. The molecule has 0 aliphatic rings. The van der Waals surface area contributed by atoms with Gasteiger partial charge >= 0.3 is 5.69 Å². The molecule has 0 fully saturated rings. The molecule has 3 aromatic carbocycles. The predicted molar refractivity (Wildman–Crippen MR) is 135 cm³/mol. The van der Waals surface area contributed by atoms with Gasteiger partial charge in [0.2, 0.25) is 0 Å². The highest BCUT2D eigenvalue weighted by Crippen LogP contribution is 2.34. The lowest BCUT2D eigenvalue weighted by Crippen LogP contribution is -2.32. The Labute approximate surface area is 204 Å². The number of carbonyl (C=O) groups is 1. The molecular weight excluding hydrogens is 472 g/mol. The molecule has 1 heterocycles.